The Kier molecular flexibility index (Phi) is 6.60. The summed E-state index contributed by atoms with van der Waals surface area (Å²) in [6, 6.07) is 3.72. The van der Waals surface area contributed by atoms with Gasteiger partial charge in [0.15, 0.2) is 0 Å². The monoisotopic (exact) mass is 352 g/mol. The summed E-state index contributed by atoms with van der Waals surface area (Å²) in [6.45, 7) is 5.00. The molecular weight excluding hydrogens is 332 g/mol. The fraction of sp³-hybridized carbons (Fsp3) is 0.438. The van der Waals surface area contributed by atoms with E-state index in [1.165, 1.54) is 18.2 Å². The van der Waals surface area contributed by atoms with Crippen LogP contribution in [0.4, 0.5) is 5.69 Å². The maximum absolute atomic E-state index is 12.2. The molecule has 1 N–H and O–H groups in total. The molecule has 136 valence electrons. The van der Waals surface area contributed by atoms with Crippen LogP contribution < -0.4 is 5.32 Å². The van der Waals surface area contributed by atoms with E-state index < -0.39 is 40.8 Å². The smallest absolute Gasteiger partial charge is 0.328 e. The Morgan fingerprint density at radius 2 is 1.92 bits per heavy atom. The summed E-state index contributed by atoms with van der Waals surface area (Å²) >= 11 is 0. The lowest BCUT2D eigenvalue weighted by atomic mass is 10.1. The van der Waals surface area contributed by atoms with Crippen molar-refractivity contribution in [2.24, 2.45) is 0 Å². The molecule has 1 rings (SSSR count). The molecule has 0 unspecified atom stereocenters. The minimum absolute atomic E-state index is 0.0210. The quantitative estimate of drug-likeness (QED) is 0.468. The highest BCUT2D eigenvalue weighted by molar-refractivity contribution is 5.98. The number of esters is 2. The highest BCUT2D eigenvalue weighted by Crippen LogP contribution is 2.14. The second kappa shape index (κ2) is 8.22. The fourth-order valence-electron chi connectivity index (χ4n) is 1.89. The number of nitrogens with zero attached hydrogens (tertiary/aromatic N) is 1. The van der Waals surface area contributed by atoms with E-state index in [2.05, 4.69) is 10.1 Å². The van der Waals surface area contributed by atoms with Crippen molar-refractivity contribution >= 4 is 23.5 Å². The zero-order valence-corrected chi connectivity index (χ0v) is 14.4. The summed E-state index contributed by atoms with van der Waals surface area (Å²) in [5.41, 5.74) is -1.04. The van der Waals surface area contributed by atoms with Crippen molar-refractivity contribution in [3.63, 3.8) is 0 Å². The molecular formula is C16H20N2O7. The SMILES string of the molecule is COC(=O)[C@H](CC(=O)OC(C)(C)C)NC(=O)c1cccc([N+](=O)[O-])c1. The first-order valence-corrected chi connectivity index (χ1v) is 7.38. The molecule has 0 bridgehead atoms. The van der Waals surface area contributed by atoms with Crippen molar-refractivity contribution in [3.8, 4) is 0 Å². The Morgan fingerprint density at radius 1 is 1.28 bits per heavy atom. The average molecular weight is 352 g/mol. The summed E-state index contributed by atoms with van der Waals surface area (Å²) in [5, 5.41) is 13.1. The van der Waals surface area contributed by atoms with E-state index >= 15 is 0 Å². The second-order valence-electron chi connectivity index (χ2n) is 6.15. The molecule has 0 fully saturated rings. The Balaban J connectivity index is 2.89. The molecule has 0 spiro atoms. The number of nitro groups is 1. The lowest BCUT2D eigenvalue weighted by Gasteiger charge is -2.22. The van der Waals surface area contributed by atoms with Gasteiger partial charge in [-0.1, -0.05) is 6.07 Å². The number of carbonyl (C=O) groups is 3. The molecule has 9 heteroatoms. The van der Waals surface area contributed by atoms with Gasteiger partial charge in [-0.3, -0.25) is 19.7 Å². The Labute approximate surface area is 144 Å². The van der Waals surface area contributed by atoms with Crippen molar-refractivity contribution < 1.29 is 28.8 Å². The first-order chi connectivity index (χ1) is 11.5. The molecule has 9 nitrogen and oxygen atoms in total. The number of carbonyl (C=O) groups excluding carboxylic acids is 3. The summed E-state index contributed by atoms with van der Waals surface area (Å²) in [5.74, 6) is -2.27. The average Bonchev–Trinajstić information content (AvgIpc) is 2.51. The maximum Gasteiger partial charge on any atom is 0.328 e. The second-order valence-corrected chi connectivity index (χ2v) is 6.15. The van der Waals surface area contributed by atoms with Gasteiger partial charge in [0.1, 0.15) is 11.6 Å². The first kappa shape index (κ1) is 20.1. The number of benzene rings is 1. The molecule has 1 aromatic rings. The number of nitro benzene ring substituents is 1. The van der Waals surface area contributed by atoms with E-state index in [0.29, 0.717) is 0 Å². The lowest BCUT2D eigenvalue weighted by Crippen LogP contribution is -2.43. The zero-order chi connectivity index (χ0) is 19.2. The van der Waals surface area contributed by atoms with Crippen LogP contribution in [0.2, 0.25) is 0 Å². The maximum atomic E-state index is 12.2. The van der Waals surface area contributed by atoms with Gasteiger partial charge < -0.3 is 14.8 Å². The number of methoxy groups -OCH3 is 1. The molecule has 1 aromatic carbocycles. The van der Waals surface area contributed by atoms with E-state index in [0.717, 1.165) is 13.2 Å². The molecule has 0 saturated heterocycles. The standard InChI is InChI=1S/C16H20N2O7/c1-16(2,3)25-13(19)9-12(15(21)24-4)17-14(20)10-6-5-7-11(8-10)18(22)23/h5-8,12H,9H2,1-4H3,(H,17,20)/t12-/m0/s1. The van der Waals surface area contributed by atoms with E-state index in [-0.39, 0.29) is 11.3 Å². The van der Waals surface area contributed by atoms with Gasteiger partial charge >= 0.3 is 11.9 Å². The van der Waals surface area contributed by atoms with E-state index in [9.17, 15) is 24.5 Å². The van der Waals surface area contributed by atoms with E-state index in [1.54, 1.807) is 20.8 Å². The van der Waals surface area contributed by atoms with Crippen LogP contribution in [0.25, 0.3) is 0 Å². The molecule has 25 heavy (non-hydrogen) atoms. The molecule has 0 heterocycles. The third-order valence-electron chi connectivity index (χ3n) is 2.90. The predicted octanol–water partition coefficient (Wildman–Crippen LogP) is 1.60. The van der Waals surface area contributed by atoms with Gasteiger partial charge in [-0.2, -0.15) is 0 Å². The molecule has 0 aliphatic rings. The Morgan fingerprint density at radius 3 is 2.44 bits per heavy atom. The molecule has 1 amide bonds. The van der Waals surface area contributed by atoms with Crippen molar-refractivity contribution in [1.29, 1.82) is 0 Å². The van der Waals surface area contributed by atoms with Crippen LogP contribution in [0, 0.1) is 10.1 Å². The van der Waals surface area contributed by atoms with Gasteiger partial charge in [0, 0.05) is 17.7 Å². The number of ether oxygens (including phenoxy) is 2. The van der Waals surface area contributed by atoms with E-state index in [4.69, 9.17) is 4.74 Å². The van der Waals surface area contributed by atoms with Crippen molar-refractivity contribution in [2.45, 2.75) is 38.8 Å². The summed E-state index contributed by atoms with van der Waals surface area (Å²) in [4.78, 5) is 46.0. The highest BCUT2D eigenvalue weighted by atomic mass is 16.6. The van der Waals surface area contributed by atoms with Crippen LogP contribution in [-0.4, -0.2) is 41.5 Å². The fourth-order valence-corrected chi connectivity index (χ4v) is 1.89. The van der Waals surface area contributed by atoms with Gasteiger partial charge in [-0.05, 0) is 26.8 Å². The van der Waals surface area contributed by atoms with Gasteiger partial charge in [0.05, 0.1) is 18.5 Å². The van der Waals surface area contributed by atoms with Gasteiger partial charge in [0.25, 0.3) is 11.6 Å². The topological polar surface area (TPSA) is 125 Å². The van der Waals surface area contributed by atoms with Gasteiger partial charge in [0.2, 0.25) is 0 Å². The first-order valence-electron chi connectivity index (χ1n) is 7.38. The summed E-state index contributed by atoms with van der Waals surface area (Å²) < 4.78 is 9.69. The predicted molar refractivity (Wildman–Crippen MR) is 86.8 cm³/mol. The van der Waals surface area contributed by atoms with Crippen LogP contribution in [0.3, 0.4) is 0 Å². The van der Waals surface area contributed by atoms with Crippen LogP contribution in [0.15, 0.2) is 24.3 Å². The molecule has 0 aliphatic heterocycles. The number of hydrogen-bond acceptors (Lipinski definition) is 7. The minimum Gasteiger partial charge on any atom is -0.467 e. The van der Waals surface area contributed by atoms with Crippen LogP contribution in [0.5, 0.6) is 0 Å². The van der Waals surface area contributed by atoms with Gasteiger partial charge in [-0.15, -0.1) is 0 Å². The Bertz CT molecular complexity index is 679. The van der Waals surface area contributed by atoms with Crippen molar-refractivity contribution in [1.82, 2.24) is 5.32 Å². The number of hydrogen-bond donors (Lipinski definition) is 1. The van der Waals surface area contributed by atoms with Gasteiger partial charge in [-0.25, -0.2) is 4.79 Å². The minimum atomic E-state index is -1.27. The third kappa shape index (κ3) is 6.58. The normalized spacial score (nSPS) is 12.0. The Hall–Kier alpha value is -2.97. The number of rotatable bonds is 6. The van der Waals surface area contributed by atoms with Crippen molar-refractivity contribution in [3.05, 3.63) is 39.9 Å². The lowest BCUT2D eigenvalue weighted by molar-refractivity contribution is -0.384. The molecule has 1 atom stereocenters. The molecule has 0 saturated carbocycles. The largest absolute Gasteiger partial charge is 0.467 e. The van der Waals surface area contributed by atoms with Crippen LogP contribution in [-0.2, 0) is 19.1 Å². The highest BCUT2D eigenvalue weighted by Gasteiger charge is 2.28. The number of non-ortho nitro benzene ring substituents is 1. The zero-order valence-electron chi connectivity index (χ0n) is 14.4. The third-order valence-corrected chi connectivity index (χ3v) is 2.90. The van der Waals surface area contributed by atoms with Crippen LogP contribution in [0.1, 0.15) is 37.6 Å². The summed E-state index contributed by atoms with van der Waals surface area (Å²) in [6.07, 6.45) is -0.426. The summed E-state index contributed by atoms with van der Waals surface area (Å²) in [7, 11) is 1.12. The molecule has 0 radical (unpaired) electrons. The number of nitrogens with one attached hydrogen (secondary N) is 1. The molecule has 0 aromatic heterocycles. The molecule has 0 aliphatic carbocycles. The van der Waals surface area contributed by atoms with E-state index in [1.807, 2.05) is 0 Å². The number of amides is 1. The van der Waals surface area contributed by atoms with Crippen molar-refractivity contribution in [2.75, 3.05) is 7.11 Å². The van der Waals surface area contributed by atoms with Crippen LogP contribution >= 0.6 is 0 Å².